The summed E-state index contributed by atoms with van der Waals surface area (Å²) in [6.07, 6.45) is 5.60. The Morgan fingerprint density at radius 2 is 0.958 bits per heavy atom. The van der Waals surface area contributed by atoms with Crippen LogP contribution in [-0.4, -0.2) is 50.3 Å². The van der Waals surface area contributed by atoms with Crippen molar-refractivity contribution in [2.45, 2.75) is 70.3 Å². The highest BCUT2D eigenvalue weighted by Gasteiger charge is 2.12. The first-order chi connectivity index (χ1) is 11.2. The number of hydrogen-bond acceptors (Lipinski definition) is 5. The van der Waals surface area contributed by atoms with E-state index in [0.717, 1.165) is 38.5 Å². The van der Waals surface area contributed by atoms with Crippen LogP contribution in [0.2, 0.25) is 0 Å². The van der Waals surface area contributed by atoms with Crippen LogP contribution in [0.5, 0.6) is 0 Å². The van der Waals surface area contributed by atoms with Gasteiger partial charge in [0.15, 0.2) is 0 Å². The predicted octanol–water partition coefficient (Wildman–Crippen LogP) is 1.54. The Hall–Kier alpha value is -2.16. The minimum atomic E-state index is -1.17. The number of carbonyl (C=O) groups is 4. The highest BCUT2D eigenvalue weighted by atomic mass is 16.4. The fourth-order valence-corrected chi connectivity index (χ4v) is 1.66. The summed E-state index contributed by atoms with van der Waals surface area (Å²) < 4.78 is 0. The molecule has 0 rings (SSSR count). The second-order valence-electron chi connectivity index (χ2n) is 5.29. The maximum Gasteiger partial charge on any atom is 0.320 e. The van der Waals surface area contributed by atoms with Crippen molar-refractivity contribution in [1.82, 2.24) is 0 Å². The molecular weight excluding hydrogens is 322 g/mol. The molecule has 0 aromatic carbocycles. The van der Waals surface area contributed by atoms with Gasteiger partial charge in [0.2, 0.25) is 0 Å². The van der Waals surface area contributed by atoms with Crippen LogP contribution >= 0.6 is 0 Å². The number of nitrogens with two attached hydrogens (primary N) is 1. The lowest BCUT2D eigenvalue weighted by atomic mass is 10.1. The summed E-state index contributed by atoms with van der Waals surface area (Å²) in [6.45, 7) is 0. The molecule has 0 amide bonds. The molecule has 0 aromatic heterocycles. The average molecular weight is 349 g/mol. The van der Waals surface area contributed by atoms with Crippen LogP contribution in [0.1, 0.15) is 64.2 Å². The Morgan fingerprint density at radius 3 is 1.25 bits per heavy atom. The summed E-state index contributed by atoms with van der Waals surface area (Å²) in [5, 5.41) is 33.0. The molecule has 9 heteroatoms. The molecule has 0 spiro atoms. The number of carboxylic acids is 4. The van der Waals surface area contributed by atoms with E-state index in [-0.39, 0.29) is 25.7 Å². The zero-order chi connectivity index (χ0) is 19.0. The Kier molecular flexibility index (Phi) is 15.8. The summed E-state index contributed by atoms with van der Waals surface area (Å²) >= 11 is 0. The van der Waals surface area contributed by atoms with Gasteiger partial charge in [-0.2, -0.15) is 0 Å². The molecule has 0 fully saturated rings. The second kappa shape index (κ2) is 15.7. The van der Waals surface area contributed by atoms with Crippen LogP contribution in [0.3, 0.4) is 0 Å². The van der Waals surface area contributed by atoms with E-state index in [1.165, 1.54) is 0 Å². The lowest BCUT2D eigenvalue weighted by Crippen LogP contribution is -2.30. The molecule has 0 heterocycles. The first-order valence-corrected chi connectivity index (χ1v) is 7.80. The number of carboxylic acid groups (broad SMARTS) is 4. The van der Waals surface area contributed by atoms with Crippen LogP contribution in [0.15, 0.2) is 0 Å². The SMILES string of the molecule is NC(CCC(=O)O)C(=O)O.O=C(O)CCCCCCCCC(=O)O. The molecule has 1 atom stereocenters. The lowest BCUT2D eigenvalue weighted by Gasteiger charge is -2.01. The smallest absolute Gasteiger partial charge is 0.320 e. The number of unbranched alkanes of at least 4 members (excludes halogenated alkanes) is 5. The molecule has 0 radical (unpaired) electrons. The highest BCUT2D eigenvalue weighted by Crippen LogP contribution is 2.08. The van der Waals surface area contributed by atoms with Crippen molar-refractivity contribution in [1.29, 1.82) is 0 Å². The minimum Gasteiger partial charge on any atom is -0.481 e. The van der Waals surface area contributed by atoms with Crippen LogP contribution < -0.4 is 5.73 Å². The molecule has 6 N–H and O–H groups in total. The molecule has 0 aliphatic heterocycles. The zero-order valence-electron chi connectivity index (χ0n) is 13.6. The van der Waals surface area contributed by atoms with E-state index in [9.17, 15) is 19.2 Å². The van der Waals surface area contributed by atoms with Crippen LogP contribution in [0.4, 0.5) is 0 Å². The van der Waals surface area contributed by atoms with Gasteiger partial charge in [-0.05, 0) is 19.3 Å². The van der Waals surface area contributed by atoms with E-state index in [4.69, 9.17) is 26.2 Å². The standard InChI is InChI=1S/C10H18O4.C5H9NO4/c11-9(12)7-5-3-1-2-4-6-8-10(13)14;6-3(5(9)10)1-2-4(7)8/h1-8H2,(H,11,12)(H,13,14);3H,1-2,6H2,(H,7,8)(H,9,10). The van der Waals surface area contributed by atoms with E-state index in [0.29, 0.717) is 0 Å². The van der Waals surface area contributed by atoms with Gasteiger partial charge in [0.1, 0.15) is 6.04 Å². The van der Waals surface area contributed by atoms with Gasteiger partial charge in [-0.15, -0.1) is 0 Å². The van der Waals surface area contributed by atoms with Gasteiger partial charge in [0, 0.05) is 19.3 Å². The van der Waals surface area contributed by atoms with Gasteiger partial charge < -0.3 is 26.2 Å². The topological polar surface area (TPSA) is 175 Å². The first kappa shape index (κ1) is 24.1. The number of rotatable bonds is 13. The van der Waals surface area contributed by atoms with E-state index in [1.54, 1.807) is 0 Å². The van der Waals surface area contributed by atoms with Gasteiger partial charge in [0.05, 0.1) is 0 Å². The largest absolute Gasteiger partial charge is 0.481 e. The molecule has 9 nitrogen and oxygen atoms in total. The maximum absolute atomic E-state index is 10.1. The molecule has 0 saturated carbocycles. The van der Waals surface area contributed by atoms with Crippen molar-refractivity contribution in [3.63, 3.8) is 0 Å². The van der Waals surface area contributed by atoms with Crippen molar-refractivity contribution in [2.75, 3.05) is 0 Å². The molecule has 140 valence electrons. The zero-order valence-corrected chi connectivity index (χ0v) is 13.6. The normalized spacial score (nSPS) is 11.0. The Balaban J connectivity index is 0. The molecule has 0 aliphatic carbocycles. The molecular formula is C15H27NO8. The lowest BCUT2D eigenvalue weighted by molar-refractivity contribution is -0.140. The summed E-state index contributed by atoms with van der Waals surface area (Å²) in [7, 11) is 0. The molecule has 24 heavy (non-hydrogen) atoms. The van der Waals surface area contributed by atoms with Crippen molar-refractivity contribution < 1.29 is 39.6 Å². The van der Waals surface area contributed by atoms with Crippen molar-refractivity contribution in [3.8, 4) is 0 Å². The minimum absolute atomic E-state index is 0.0231. The summed E-state index contributed by atoms with van der Waals surface area (Å²) in [4.78, 5) is 40.2. The fourth-order valence-electron chi connectivity index (χ4n) is 1.66. The Bertz CT molecular complexity index is 377. The number of hydrogen-bond donors (Lipinski definition) is 5. The van der Waals surface area contributed by atoms with Gasteiger partial charge in [-0.3, -0.25) is 19.2 Å². The molecule has 0 bridgehead atoms. The van der Waals surface area contributed by atoms with E-state index < -0.39 is 29.9 Å². The Morgan fingerprint density at radius 1 is 0.625 bits per heavy atom. The molecule has 0 aliphatic rings. The summed E-state index contributed by atoms with van der Waals surface area (Å²) in [5.74, 6) is -3.68. The van der Waals surface area contributed by atoms with E-state index in [1.807, 2.05) is 0 Å². The van der Waals surface area contributed by atoms with Crippen LogP contribution in [0.25, 0.3) is 0 Å². The first-order valence-electron chi connectivity index (χ1n) is 7.80. The predicted molar refractivity (Wildman–Crippen MR) is 84.7 cm³/mol. The van der Waals surface area contributed by atoms with Crippen molar-refractivity contribution in [3.05, 3.63) is 0 Å². The summed E-state index contributed by atoms with van der Waals surface area (Å²) in [5.41, 5.74) is 5.00. The molecule has 0 aromatic rings. The van der Waals surface area contributed by atoms with E-state index >= 15 is 0 Å². The van der Waals surface area contributed by atoms with Crippen molar-refractivity contribution in [2.24, 2.45) is 5.73 Å². The quantitative estimate of drug-likeness (QED) is 0.309. The van der Waals surface area contributed by atoms with Crippen LogP contribution in [-0.2, 0) is 19.2 Å². The third-order valence-electron chi connectivity index (χ3n) is 3.02. The Labute approximate surface area is 140 Å². The third kappa shape index (κ3) is 22.1. The second-order valence-corrected chi connectivity index (χ2v) is 5.29. The maximum atomic E-state index is 10.1. The molecule has 1 unspecified atom stereocenters. The van der Waals surface area contributed by atoms with Crippen molar-refractivity contribution >= 4 is 23.9 Å². The monoisotopic (exact) mass is 349 g/mol. The van der Waals surface area contributed by atoms with Gasteiger partial charge in [-0.1, -0.05) is 25.7 Å². The fraction of sp³-hybridized carbons (Fsp3) is 0.733. The van der Waals surface area contributed by atoms with Crippen LogP contribution in [0, 0.1) is 0 Å². The number of aliphatic carboxylic acids is 4. The van der Waals surface area contributed by atoms with Gasteiger partial charge >= 0.3 is 23.9 Å². The van der Waals surface area contributed by atoms with E-state index in [2.05, 4.69) is 0 Å². The molecule has 0 saturated heterocycles. The highest BCUT2D eigenvalue weighted by molar-refractivity contribution is 5.74. The average Bonchev–Trinajstić information content (AvgIpc) is 2.47. The van der Waals surface area contributed by atoms with Gasteiger partial charge in [0.25, 0.3) is 0 Å². The van der Waals surface area contributed by atoms with Gasteiger partial charge in [-0.25, -0.2) is 0 Å². The summed E-state index contributed by atoms with van der Waals surface area (Å²) in [6, 6.07) is -1.06. The third-order valence-corrected chi connectivity index (χ3v) is 3.02.